The molecule has 0 N–H and O–H groups in total. The molecule has 2 aliphatic heterocycles. The van der Waals surface area contributed by atoms with Crippen molar-refractivity contribution in [2.24, 2.45) is 0 Å². The number of nitrogens with zero attached hydrogens (tertiary/aromatic N) is 3. The maximum atomic E-state index is 12.4. The molecule has 3 heterocycles. The number of rotatable bonds is 2. The molecule has 0 aliphatic carbocycles. The van der Waals surface area contributed by atoms with E-state index < -0.39 is 12.7 Å². The van der Waals surface area contributed by atoms with Gasteiger partial charge in [0.2, 0.25) is 0 Å². The Labute approximate surface area is 162 Å². The summed E-state index contributed by atoms with van der Waals surface area (Å²) in [4.78, 5) is 14.2. The minimum Gasteiger partial charge on any atom is -0.444 e. The summed E-state index contributed by atoms with van der Waals surface area (Å²) in [6.07, 6.45) is 3.59. The van der Waals surface area contributed by atoms with Crippen LogP contribution in [0.5, 0.6) is 0 Å². The predicted molar refractivity (Wildman–Crippen MR) is 104 cm³/mol. The third kappa shape index (κ3) is 4.32. The summed E-state index contributed by atoms with van der Waals surface area (Å²) >= 11 is 0. The van der Waals surface area contributed by atoms with Gasteiger partial charge in [0, 0.05) is 19.3 Å². The Morgan fingerprint density at radius 1 is 1.26 bits per heavy atom. The van der Waals surface area contributed by atoms with Crippen LogP contribution in [0.25, 0.3) is 0 Å². The van der Waals surface area contributed by atoms with Crippen LogP contribution in [-0.2, 0) is 14.0 Å². The van der Waals surface area contributed by atoms with Crippen LogP contribution in [-0.4, -0.2) is 57.8 Å². The lowest BCUT2D eigenvalue weighted by atomic mass is 9.85. The van der Waals surface area contributed by atoms with E-state index in [0.717, 1.165) is 25.0 Å². The number of carbonyl (C=O) groups is 1. The number of aromatic nitrogens is 2. The lowest BCUT2D eigenvalue weighted by Gasteiger charge is -2.34. The summed E-state index contributed by atoms with van der Waals surface area (Å²) in [5.74, 6) is 0. The zero-order chi connectivity index (χ0) is 20.0. The number of carbonyl (C=O) groups excluding carboxylic acids is 1. The quantitative estimate of drug-likeness (QED) is 0.742. The van der Waals surface area contributed by atoms with Crippen LogP contribution in [0.4, 0.5) is 4.79 Å². The van der Waals surface area contributed by atoms with Gasteiger partial charge in [-0.3, -0.25) is 4.68 Å². The summed E-state index contributed by atoms with van der Waals surface area (Å²) in [6, 6.07) is 2.07. The van der Waals surface area contributed by atoms with E-state index in [9.17, 15) is 4.79 Å². The Hall–Kier alpha value is -1.54. The van der Waals surface area contributed by atoms with Crippen LogP contribution in [0, 0.1) is 0 Å². The molecule has 1 aromatic rings. The lowest BCUT2D eigenvalue weighted by molar-refractivity contribution is 0.00578. The molecule has 2 saturated heterocycles. The second-order valence-electron chi connectivity index (χ2n) is 9.53. The molecule has 0 aromatic carbocycles. The van der Waals surface area contributed by atoms with E-state index >= 15 is 0 Å². The maximum Gasteiger partial charge on any atom is 0.516 e. The zero-order valence-corrected chi connectivity index (χ0v) is 17.6. The second-order valence-corrected chi connectivity index (χ2v) is 9.53. The molecule has 3 rings (SSSR count). The van der Waals surface area contributed by atoms with Crippen molar-refractivity contribution in [3.63, 3.8) is 0 Å². The zero-order valence-electron chi connectivity index (χ0n) is 17.6. The van der Waals surface area contributed by atoms with Crippen LogP contribution < -0.4 is 5.59 Å². The standard InChI is InChI=1S/C19H32BN3O4/c1-17(2,3)25-16(24)22-11-8-9-14(13-22)23-12-10-15(21-23)20-26-18(4,5)19(6,7)27-20/h10,12,14H,8-9,11,13H2,1-7H3. The van der Waals surface area contributed by atoms with Crippen molar-refractivity contribution in [2.75, 3.05) is 13.1 Å². The Balaban J connectivity index is 1.67. The highest BCUT2D eigenvalue weighted by Crippen LogP contribution is 2.36. The molecule has 1 aromatic heterocycles. The third-order valence-electron chi connectivity index (χ3n) is 5.55. The molecule has 0 bridgehead atoms. The molecule has 0 saturated carbocycles. The fraction of sp³-hybridized carbons (Fsp3) is 0.789. The Bertz CT molecular complexity index is 679. The van der Waals surface area contributed by atoms with Crippen molar-refractivity contribution in [3.05, 3.63) is 12.3 Å². The molecule has 2 fully saturated rings. The number of likely N-dealkylation sites (tertiary alicyclic amines) is 1. The number of hydrogen-bond donors (Lipinski definition) is 0. The number of amides is 1. The van der Waals surface area contributed by atoms with Gasteiger partial charge in [-0.2, -0.15) is 5.10 Å². The fourth-order valence-electron chi connectivity index (χ4n) is 3.31. The van der Waals surface area contributed by atoms with Gasteiger partial charge in [-0.25, -0.2) is 4.79 Å². The van der Waals surface area contributed by atoms with Crippen LogP contribution in [0.15, 0.2) is 12.3 Å². The molecule has 2 aliphatic rings. The maximum absolute atomic E-state index is 12.4. The van der Waals surface area contributed by atoms with Gasteiger partial charge >= 0.3 is 13.2 Å². The minimum atomic E-state index is -0.486. The molecule has 0 radical (unpaired) electrons. The van der Waals surface area contributed by atoms with Gasteiger partial charge in [0.15, 0.2) is 0 Å². The Morgan fingerprint density at radius 3 is 2.48 bits per heavy atom. The third-order valence-corrected chi connectivity index (χ3v) is 5.55. The van der Waals surface area contributed by atoms with Gasteiger partial charge in [0.1, 0.15) is 5.60 Å². The minimum absolute atomic E-state index is 0.127. The first-order valence-corrected chi connectivity index (χ1v) is 9.77. The number of ether oxygens (including phenoxy) is 1. The van der Waals surface area contributed by atoms with E-state index in [0.29, 0.717) is 6.54 Å². The highest BCUT2D eigenvalue weighted by molar-refractivity contribution is 6.61. The first-order chi connectivity index (χ1) is 12.4. The molecule has 27 heavy (non-hydrogen) atoms. The normalized spacial score (nSPS) is 24.9. The average molecular weight is 377 g/mol. The van der Waals surface area contributed by atoms with Crippen molar-refractivity contribution in [1.29, 1.82) is 0 Å². The average Bonchev–Trinajstić information content (AvgIpc) is 3.09. The fourth-order valence-corrected chi connectivity index (χ4v) is 3.31. The summed E-state index contributed by atoms with van der Waals surface area (Å²) in [7, 11) is -0.471. The molecular weight excluding hydrogens is 345 g/mol. The highest BCUT2D eigenvalue weighted by Gasteiger charge is 2.52. The number of piperidine rings is 1. The molecule has 150 valence electrons. The first kappa shape index (κ1) is 20.2. The molecule has 7 nitrogen and oxygen atoms in total. The van der Waals surface area contributed by atoms with E-state index in [4.69, 9.17) is 19.1 Å². The van der Waals surface area contributed by atoms with Crippen LogP contribution in [0.2, 0.25) is 0 Å². The van der Waals surface area contributed by atoms with E-state index in [2.05, 4.69) is 0 Å². The molecule has 8 heteroatoms. The highest BCUT2D eigenvalue weighted by atomic mass is 16.7. The van der Waals surface area contributed by atoms with Crippen molar-refractivity contribution < 1.29 is 18.8 Å². The SMILES string of the molecule is CC(C)(C)OC(=O)N1CCCC(n2ccc(B3OC(C)(C)C(C)(C)O3)n2)C1. The topological polar surface area (TPSA) is 65.8 Å². The molecule has 1 atom stereocenters. The molecular formula is C19H32BN3O4. The first-order valence-electron chi connectivity index (χ1n) is 9.77. The van der Waals surface area contributed by atoms with Gasteiger partial charge in [-0.1, -0.05) is 0 Å². The summed E-state index contributed by atoms with van der Waals surface area (Å²) < 4.78 is 19.6. The van der Waals surface area contributed by atoms with Crippen LogP contribution >= 0.6 is 0 Å². The van der Waals surface area contributed by atoms with Gasteiger partial charge in [-0.05, 0) is 67.4 Å². The second kappa shape index (κ2) is 6.81. The molecule has 0 spiro atoms. The molecule has 1 amide bonds. The van der Waals surface area contributed by atoms with E-state index in [1.807, 2.05) is 65.4 Å². The molecule has 1 unspecified atom stereocenters. The Morgan fingerprint density at radius 2 is 1.89 bits per heavy atom. The summed E-state index contributed by atoms with van der Waals surface area (Å²) in [5, 5.41) is 4.70. The van der Waals surface area contributed by atoms with Gasteiger partial charge in [0.25, 0.3) is 0 Å². The van der Waals surface area contributed by atoms with E-state index in [1.54, 1.807) is 4.90 Å². The van der Waals surface area contributed by atoms with Crippen molar-refractivity contribution in [3.8, 4) is 0 Å². The van der Waals surface area contributed by atoms with Crippen LogP contribution in [0.3, 0.4) is 0 Å². The van der Waals surface area contributed by atoms with Crippen molar-refractivity contribution >= 4 is 18.8 Å². The van der Waals surface area contributed by atoms with Gasteiger partial charge in [-0.15, -0.1) is 0 Å². The van der Waals surface area contributed by atoms with Crippen LogP contribution in [0.1, 0.15) is 67.3 Å². The van der Waals surface area contributed by atoms with Gasteiger partial charge < -0.3 is 18.9 Å². The Kier molecular flexibility index (Phi) is 5.10. The number of hydrogen-bond acceptors (Lipinski definition) is 5. The summed E-state index contributed by atoms with van der Waals surface area (Å²) in [6.45, 7) is 15.1. The smallest absolute Gasteiger partial charge is 0.444 e. The lowest BCUT2D eigenvalue weighted by Crippen LogP contribution is -2.44. The van der Waals surface area contributed by atoms with Crippen molar-refractivity contribution in [1.82, 2.24) is 14.7 Å². The monoisotopic (exact) mass is 377 g/mol. The van der Waals surface area contributed by atoms with Crippen molar-refractivity contribution in [2.45, 2.75) is 84.2 Å². The largest absolute Gasteiger partial charge is 0.516 e. The van der Waals surface area contributed by atoms with E-state index in [-0.39, 0.29) is 23.3 Å². The van der Waals surface area contributed by atoms with E-state index in [1.165, 1.54) is 0 Å². The summed E-state index contributed by atoms with van der Waals surface area (Å²) in [5.41, 5.74) is -0.498. The van der Waals surface area contributed by atoms with Gasteiger partial charge in [0.05, 0.1) is 22.8 Å². The predicted octanol–water partition coefficient (Wildman–Crippen LogP) is 2.75.